The fraction of sp³-hybridized carbons (Fsp3) is 0.235. The summed E-state index contributed by atoms with van der Waals surface area (Å²) in [5.41, 5.74) is 5.28. The molecule has 0 spiro atoms. The summed E-state index contributed by atoms with van der Waals surface area (Å²) in [5, 5.41) is 7.95. The average Bonchev–Trinajstić information content (AvgIpc) is 2.98. The van der Waals surface area contributed by atoms with Crippen LogP contribution in [0.5, 0.6) is 5.88 Å². The molecule has 2 aromatic heterocycles. The van der Waals surface area contributed by atoms with Gasteiger partial charge in [-0.2, -0.15) is 13.2 Å². The first kappa shape index (κ1) is 19.2. The van der Waals surface area contributed by atoms with Crippen molar-refractivity contribution in [3.63, 3.8) is 0 Å². The van der Waals surface area contributed by atoms with Gasteiger partial charge in [-0.05, 0) is 35.0 Å². The molecule has 6 nitrogen and oxygen atoms in total. The number of nitrogen functional groups attached to an aromatic ring is 1. The number of hydrogen-bond acceptors (Lipinski definition) is 5. The van der Waals surface area contributed by atoms with E-state index in [9.17, 15) is 13.2 Å². The second-order valence-electron chi connectivity index (χ2n) is 5.80. The van der Waals surface area contributed by atoms with E-state index in [4.69, 9.17) is 10.5 Å². The normalized spacial score (nSPS) is 12.8. The summed E-state index contributed by atoms with van der Waals surface area (Å²) in [4.78, 5) is 4.08. The zero-order chi connectivity index (χ0) is 19.8. The molecule has 0 bridgehead atoms. The van der Waals surface area contributed by atoms with E-state index in [0.717, 1.165) is 6.07 Å². The molecule has 0 fully saturated rings. The van der Waals surface area contributed by atoms with Crippen LogP contribution in [0.3, 0.4) is 0 Å². The minimum Gasteiger partial charge on any atom is -0.466 e. The molecule has 0 unspecified atom stereocenters. The number of alkyl halides is 3. The molecule has 0 aliphatic rings. The van der Waals surface area contributed by atoms with Gasteiger partial charge in [0.25, 0.3) is 0 Å². The van der Waals surface area contributed by atoms with Crippen molar-refractivity contribution in [2.45, 2.75) is 19.2 Å². The Morgan fingerprint density at radius 3 is 2.59 bits per heavy atom. The maximum Gasteiger partial charge on any atom is 0.417 e. The molecule has 142 valence electrons. The number of rotatable bonds is 4. The van der Waals surface area contributed by atoms with E-state index in [1.54, 1.807) is 20.0 Å². The highest BCUT2D eigenvalue weighted by molar-refractivity contribution is 9.10. The smallest absolute Gasteiger partial charge is 0.417 e. The number of ether oxygens (including phenoxy) is 1. The van der Waals surface area contributed by atoms with Gasteiger partial charge < -0.3 is 15.0 Å². The van der Waals surface area contributed by atoms with Crippen molar-refractivity contribution in [3.8, 4) is 17.3 Å². The van der Waals surface area contributed by atoms with Gasteiger partial charge in [0.2, 0.25) is 5.88 Å². The molecule has 27 heavy (non-hydrogen) atoms. The Bertz CT molecular complexity index is 973. The van der Waals surface area contributed by atoms with Crippen LogP contribution < -0.4 is 10.5 Å². The Hall–Kier alpha value is -2.62. The van der Waals surface area contributed by atoms with Crippen LogP contribution in [-0.4, -0.2) is 19.7 Å². The van der Waals surface area contributed by atoms with Gasteiger partial charge in [-0.15, -0.1) is 10.2 Å². The first-order valence-electron chi connectivity index (χ1n) is 7.82. The molecular formula is C17H15BrF3N5O. The molecule has 0 amide bonds. The van der Waals surface area contributed by atoms with Crippen LogP contribution in [-0.2, 0) is 13.2 Å². The summed E-state index contributed by atoms with van der Waals surface area (Å²) in [5.74, 6) is 0.738. The summed E-state index contributed by atoms with van der Waals surface area (Å²) in [6, 6.07) is 6.86. The largest absolute Gasteiger partial charge is 0.466 e. The molecule has 2 N–H and O–H groups in total. The number of hydrogen-bond donors (Lipinski definition) is 1. The van der Waals surface area contributed by atoms with E-state index in [2.05, 4.69) is 31.1 Å². The Balaban J connectivity index is 1.94. The van der Waals surface area contributed by atoms with Crippen LogP contribution in [0, 0.1) is 0 Å². The number of benzene rings is 1. The van der Waals surface area contributed by atoms with Crippen LogP contribution in [0.25, 0.3) is 11.4 Å². The lowest BCUT2D eigenvalue weighted by Crippen LogP contribution is -2.12. The van der Waals surface area contributed by atoms with Crippen molar-refractivity contribution in [2.24, 2.45) is 7.05 Å². The predicted octanol–water partition coefficient (Wildman–Crippen LogP) is 4.38. The third-order valence-electron chi connectivity index (χ3n) is 3.86. The van der Waals surface area contributed by atoms with E-state index in [1.807, 2.05) is 0 Å². The monoisotopic (exact) mass is 441 g/mol. The molecule has 10 heteroatoms. The van der Waals surface area contributed by atoms with Crippen LogP contribution in [0.1, 0.15) is 24.4 Å². The van der Waals surface area contributed by atoms with E-state index in [0.29, 0.717) is 16.0 Å². The molecule has 0 radical (unpaired) electrons. The van der Waals surface area contributed by atoms with Crippen LogP contribution >= 0.6 is 15.9 Å². The van der Waals surface area contributed by atoms with E-state index < -0.39 is 17.8 Å². The topological polar surface area (TPSA) is 78.8 Å². The SMILES string of the molecule is C[C@H](Oc1ncc(N)cc1Br)c1nnc(-c2ccccc2C(F)(F)F)n1C. The fourth-order valence-corrected chi connectivity index (χ4v) is 3.06. The molecule has 1 aromatic carbocycles. The Kier molecular flexibility index (Phi) is 5.09. The standard InChI is InChI=1S/C17H15BrF3N5O/c1-9(27-16-13(18)7-10(22)8-23-16)14-24-25-15(26(14)2)11-5-3-4-6-12(11)17(19,20)21/h3-9H,22H2,1-2H3/t9-/m0/s1. The lowest BCUT2D eigenvalue weighted by Gasteiger charge is -2.15. The van der Waals surface area contributed by atoms with Crippen molar-refractivity contribution >= 4 is 21.6 Å². The second kappa shape index (κ2) is 7.18. The van der Waals surface area contributed by atoms with Gasteiger partial charge in [0, 0.05) is 12.6 Å². The summed E-state index contributed by atoms with van der Waals surface area (Å²) >= 11 is 3.30. The summed E-state index contributed by atoms with van der Waals surface area (Å²) < 4.78 is 47.7. The van der Waals surface area contributed by atoms with Gasteiger partial charge in [0.1, 0.15) is 0 Å². The van der Waals surface area contributed by atoms with Crippen molar-refractivity contribution in [3.05, 3.63) is 52.4 Å². The molecular weight excluding hydrogens is 427 g/mol. The van der Waals surface area contributed by atoms with Crippen LogP contribution in [0.2, 0.25) is 0 Å². The third kappa shape index (κ3) is 3.90. The maximum absolute atomic E-state index is 13.3. The van der Waals surface area contributed by atoms with Gasteiger partial charge in [0.05, 0.1) is 21.9 Å². The molecule has 2 heterocycles. The first-order valence-corrected chi connectivity index (χ1v) is 8.61. The predicted molar refractivity (Wildman–Crippen MR) is 96.8 cm³/mol. The van der Waals surface area contributed by atoms with Crippen molar-refractivity contribution < 1.29 is 17.9 Å². The van der Waals surface area contributed by atoms with Crippen LogP contribution in [0.15, 0.2) is 41.0 Å². The van der Waals surface area contributed by atoms with Gasteiger partial charge in [0.15, 0.2) is 17.8 Å². The number of nitrogens with two attached hydrogens (primary N) is 1. The number of nitrogens with zero attached hydrogens (tertiary/aromatic N) is 4. The zero-order valence-corrected chi connectivity index (χ0v) is 15.9. The minimum atomic E-state index is -4.50. The Morgan fingerprint density at radius 1 is 1.22 bits per heavy atom. The van der Waals surface area contributed by atoms with Gasteiger partial charge in [-0.3, -0.25) is 0 Å². The van der Waals surface area contributed by atoms with Gasteiger partial charge in [-0.1, -0.05) is 18.2 Å². The Labute approximate surface area is 161 Å². The Morgan fingerprint density at radius 2 is 1.93 bits per heavy atom. The lowest BCUT2D eigenvalue weighted by molar-refractivity contribution is -0.137. The zero-order valence-electron chi connectivity index (χ0n) is 14.3. The quantitative estimate of drug-likeness (QED) is 0.649. The third-order valence-corrected chi connectivity index (χ3v) is 4.43. The number of pyridine rings is 1. The lowest BCUT2D eigenvalue weighted by atomic mass is 10.1. The van der Waals surface area contributed by atoms with E-state index >= 15 is 0 Å². The molecule has 1 atom stereocenters. The average molecular weight is 442 g/mol. The molecule has 3 rings (SSSR count). The molecule has 3 aromatic rings. The molecule has 0 saturated carbocycles. The highest BCUT2D eigenvalue weighted by Gasteiger charge is 2.35. The number of anilines is 1. The fourth-order valence-electron chi connectivity index (χ4n) is 2.60. The van der Waals surface area contributed by atoms with Crippen LogP contribution in [0.4, 0.5) is 18.9 Å². The van der Waals surface area contributed by atoms with Crippen molar-refractivity contribution in [1.82, 2.24) is 19.7 Å². The van der Waals surface area contributed by atoms with Gasteiger partial charge in [-0.25, -0.2) is 4.98 Å². The summed E-state index contributed by atoms with van der Waals surface area (Å²) in [6.45, 7) is 1.70. The minimum absolute atomic E-state index is 0.0507. The summed E-state index contributed by atoms with van der Waals surface area (Å²) in [7, 11) is 1.59. The number of aromatic nitrogens is 4. The number of halogens is 4. The molecule has 0 saturated heterocycles. The highest BCUT2D eigenvalue weighted by atomic mass is 79.9. The second-order valence-corrected chi connectivity index (χ2v) is 6.65. The molecule has 0 aliphatic carbocycles. The highest BCUT2D eigenvalue weighted by Crippen LogP contribution is 2.37. The van der Waals surface area contributed by atoms with Crippen molar-refractivity contribution in [1.29, 1.82) is 0 Å². The van der Waals surface area contributed by atoms with E-state index in [-0.39, 0.29) is 17.3 Å². The molecule has 0 aliphatic heterocycles. The maximum atomic E-state index is 13.3. The first-order chi connectivity index (χ1) is 12.7. The van der Waals surface area contributed by atoms with E-state index in [1.165, 1.54) is 29.0 Å². The van der Waals surface area contributed by atoms with Gasteiger partial charge >= 0.3 is 6.18 Å². The summed E-state index contributed by atoms with van der Waals surface area (Å²) in [6.07, 6.45) is -3.67. The van der Waals surface area contributed by atoms with Crippen molar-refractivity contribution in [2.75, 3.05) is 5.73 Å².